The molecule has 0 spiro atoms. The molecule has 2 heterocycles. The van der Waals surface area contributed by atoms with Crippen molar-refractivity contribution in [2.45, 2.75) is 24.9 Å². The highest BCUT2D eigenvalue weighted by Crippen LogP contribution is 2.39. The molecule has 1 fully saturated rings. The summed E-state index contributed by atoms with van der Waals surface area (Å²) in [5, 5.41) is 3.63. The Kier molecular flexibility index (Phi) is 6.88. The molecule has 0 saturated carbocycles. The number of ether oxygens (including phenoxy) is 2. The fraction of sp³-hybridized carbons (Fsp3) is 0.259. The zero-order chi connectivity index (χ0) is 24.4. The van der Waals surface area contributed by atoms with Crippen molar-refractivity contribution in [3.63, 3.8) is 0 Å². The van der Waals surface area contributed by atoms with Gasteiger partial charge in [0, 0.05) is 17.1 Å². The predicted octanol–water partition coefficient (Wildman–Crippen LogP) is 5.38. The molecule has 2 aliphatic heterocycles. The van der Waals surface area contributed by atoms with Crippen LogP contribution in [0.25, 0.3) is 0 Å². The number of hydrogen-bond acceptors (Lipinski definition) is 5. The lowest BCUT2D eigenvalue weighted by Gasteiger charge is -2.24. The topological polar surface area (TPSA) is 67.9 Å². The van der Waals surface area contributed by atoms with Gasteiger partial charge in [0.25, 0.3) is 5.91 Å². The summed E-state index contributed by atoms with van der Waals surface area (Å²) in [6.45, 7) is 3.52. The lowest BCUT2D eigenvalue weighted by molar-refractivity contribution is -0.128. The monoisotopic (exact) mass is 508 g/mol. The number of carbonyl (C=O) groups excluding carboxylic acids is 2. The van der Waals surface area contributed by atoms with Crippen LogP contribution in [-0.4, -0.2) is 35.7 Å². The second-order valence-corrected chi connectivity index (χ2v) is 10.0. The summed E-state index contributed by atoms with van der Waals surface area (Å²) in [5.74, 6) is 1.80. The molecule has 6 nitrogen and oxygen atoms in total. The van der Waals surface area contributed by atoms with Gasteiger partial charge in [-0.05, 0) is 60.0 Å². The van der Waals surface area contributed by atoms with Crippen molar-refractivity contribution >= 4 is 35.2 Å². The number of benzene rings is 3. The zero-order valence-corrected chi connectivity index (χ0v) is 20.8. The van der Waals surface area contributed by atoms with E-state index in [4.69, 9.17) is 21.1 Å². The average Bonchev–Trinajstić information content (AvgIpc) is 3.24. The van der Waals surface area contributed by atoms with Crippen molar-refractivity contribution in [2.75, 3.05) is 19.0 Å². The summed E-state index contributed by atoms with van der Waals surface area (Å²) in [6, 6.07) is 20.5. The van der Waals surface area contributed by atoms with Crippen molar-refractivity contribution in [2.24, 2.45) is 0 Å². The molecule has 2 amide bonds. The molecule has 0 aromatic heterocycles. The summed E-state index contributed by atoms with van der Waals surface area (Å²) in [6.07, 6.45) is 0. The molecule has 1 N–H and O–H groups in total. The van der Waals surface area contributed by atoms with Gasteiger partial charge in [0.2, 0.25) is 5.91 Å². The highest BCUT2D eigenvalue weighted by molar-refractivity contribution is 8.00. The molecule has 0 bridgehead atoms. The van der Waals surface area contributed by atoms with Crippen LogP contribution in [0.15, 0.2) is 66.7 Å². The van der Waals surface area contributed by atoms with Crippen LogP contribution in [0.1, 0.15) is 45.4 Å². The Balaban J connectivity index is 1.25. The zero-order valence-electron chi connectivity index (χ0n) is 19.2. The van der Waals surface area contributed by atoms with Crippen molar-refractivity contribution in [3.8, 4) is 11.5 Å². The van der Waals surface area contributed by atoms with Crippen LogP contribution in [0, 0.1) is 0 Å². The largest absolute Gasteiger partial charge is 0.486 e. The maximum Gasteiger partial charge on any atom is 0.251 e. The Bertz CT molecular complexity index is 1230. The summed E-state index contributed by atoms with van der Waals surface area (Å²) in [5.41, 5.74) is 3.53. The SMILES string of the molecule is C[C@@H](NC(=O)c1ccc([C@@H]2SCC(=O)N2Cc2ccc(Cl)cc2)cc1)c1ccc2c(c1)OCCO2. The molecule has 5 rings (SSSR count). The van der Waals surface area contributed by atoms with Gasteiger partial charge in [-0.15, -0.1) is 11.8 Å². The van der Waals surface area contributed by atoms with Crippen LogP contribution in [0.3, 0.4) is 0 Å². The Morgan fingerprint density at radius 1 is 1.06 bits per heavy atom. The third-order valence-corrected chi connectivity index (χ3v) is 7.61. The molecule has 0 unspecified atom stereocenters. The number of halogens is 1. The molecule has 3 aromatic rings. The summed E-state index contributed by atoms with van der Waals surface area (Å²) < 4.78 is 11.2. The second-order valence-electron chi connectivity index (χ2n) is 8.53. The van der Waals surface area contributed by atoms with Crippen LogP contribution in [0.5, 0.6) is 11.5 Å². The van der Waals surface area contributed by atoms with Crippen LogP contribution < -0.4 is 14.8 Å². The fourth-order valence-electron chi connectivity index (χ4n) is 4.18. The molecule has 1 saturated heterocycles. The molecule has 0 aliphatic carbocycles. The van der Waals surface area contributed by atoms with E-state index in [1.165, 1.54) is 0 Å². The van der Waals surface area contributed by atoms with Gasteiger partial charge in [0.1, 0.15) is 18.6 Å². The van der Waals surface area contributed by atoms with E-state index >= 15 is 0 Å². The molecular weight excluding hydrogens is 484 g/mol. The van der Waals surface area contributed by atoms with E-state index in [2.05, 4.69) is 5.32 Å². The quantitative estimate of drug-likeness (QED) is 0.484. The Morgan fingerprint density at radius 2 is 1.77 bits per heavy atom. The van der Waals surface area contributed by atoms with Crippen molar-refractivity contribution in [1.82, 2.24) is 10.2 Å². The van der Waals surface area contributed by atoms with Crippen molar-refractivity contribution in [1.29, 1.82) is 0 Å². The number of nitrogens with one attached hydrogen (secondary N) is 1. The lowest BCUT2D eigenvalue weighted by atomic mass is 10.1. The first-order chi connectivity index (χ1) is 17.0. The van der Waals surface area contributed by atoms with Gasteiger partial charge in [0.05, 0.1) is 11.8 Å². The third kappa shape index (κ3) is 5.26. The van der Waals surface area contributed by atoms with Gasteiger partial charge in [-0.25, -0.2) is 0 Å². The predicted molar refractivity (Wildman–Crippen MR) is 137 cm³/mol. The third-order valence-electron chi connectivity index (χ3n) is 6.11. The minimum atomic E-state index is -0.198. The number of rotatable bonds is 6. The molecule has 3 aromatic carbocycles. The van der Waals surface area contributed by atoms with E-state index in [0.717, 1.165) is 22.4 Å². The van der Waals surface area contributed by atoms with Crippen molar-refractivity contribution in [3.05, 3.63) is 94.0 Å². The number of carbonyl (C=O) groups is 2. The van der Waals surface area contributed by atoms with E-state index < -0.39 is 0 Å². The standard InChI is InChI=1S/C27H25ClN2O4S/c1-17(21-8-11-23-24(14-21)34-13-12-33-23)29-26(32)19-4-6-20(7-5-19)27-30(25(31)16-35-27)15-18-2-9-22(28)10-3-18/h2-11,14,17,27H,12-13,15-16H2,1H3,(H,29,32)/t17-,27+/m1/s1. The van der Waals surface area contributed by atoms with Crippen LogP contribution >= 0.6 is 23.4 Å². The molecule has 8 heteroatoms. The Labute approximate surface area is 213 Å². The fourth-order valence-corrected chi connectivity index (χ4v) is 5.49. The van der Waals surface area contributed by atoms with Gasteiger partial charge in [0.15, 0.2) is 11.5 Å². The van der Waals surface area contributed by atoms with Gasteiger partial charge in [-0.2, -0.15) is 0 Å². The van der Waals surface area contributed by atoms with E-state index in [9.17, 15) is 9.59 Å². The average molecular weight is 509 g/mol. The minimum Gasteiger partial charge on any atom is -0.486 e. The van der Waals surface area contributed by atoms with Gasteiger partial charge in [-0.3, -0.25) is 9.59 Å². The number of fused-ring (bicyclic) bond motifs is 1. The smallest absolute Gasteiger partial charge is 0.251 e. The first kappa shape index (κ1) is 23.6. The maximum atomic E-state index is 12.9. The normalized spacial score (nSPS) is 17.8. The van der Waals surface area contributed by atoms with Gasteiger partial charge < -0.3 is 19.7 Å². The second kappa shape index (κ2) is 10.2. The van der Waals surface area contributed by atoms with Crippen LogP contribution in [0.2, 0.25) is 5.02 Å². The van der Waals surface area contributed by atoms with E-state index in [-0.39, 0.29) is 23.2 Å². The van der Waals surface area contributed by atoms with E-state index in [1.54, 1.807) is 11.8 Å². The highest BCUT2D eigenvalue weighted by atomic mass is 35.5. The van der Waals surface area contributed by atoms with Gasteiger partial charge in [-0.1, -0.05) is 41.9 Å². The molecule has 2 atom stereocenters. The lowest BCUT2D eigenvalue weighted by Crippen LogP contribution is -2.28. The maximum absolute atomic E-state index is 12.9. The first-order valence-electron chi connectivity index (χ1n) is 11.4. The minimum absolute atomic E-state index is 0.0908. The summed E-state index contributed by atoms with van der Waals surface area (Å²) in [4.78, 5) is 27.3. The number of thioether (sulfide) groups is 1. The van der Waals surface area contributed by atoms with E-state index in [0.29, 0.717) is 41.8 Å². The highest BCUT2D eigenvalue weighted by Gasteiger charge is 2.32. The molecule has 180 valence electrons. The number of amides is 2. The number of hydrogen-bond donors (Lipinski definition) is 1. The molecule has 2 aliphatic rings. The first-order valence-corrected chi connectivity index (χ1v) is 12.9. The van der Waals surface area contributed by atoms with Crippen LogP contribution in [0.4, 0.5) is 0 Å². The molecule has 35 heavy (non-hydrogen) atoms. The Morgan fingerprint density at radius 3 is 2.51 bits per heavy atom. The molecular formula is C27H25ClN2O4S. The van der Waals surface area contributed by atoms with Gasteiger partial charge >= 0.3 is 0 Å². The molecule has 0 radical (unpaired) electrons. The van der Waals surface area contributed by atoms with Crippen LogP contribution in [-0.2, 0) is 11.3 Å². The summed E-state index contributed by atoms with van der Waals surface area (Å²) >= 11 is 7.58. The van der Waals surface area contributed by atoms with Crippen molar-refractivity contribution < 1.29 is 19.1 Å². The summed E-state index contributed by atoms with van der Waals surface area (Å²) in [7, 11) is 0. The van der Waals surface area contributed by atoms with E-state index in [1.807, 2.05) is 78.6 Å². The Hall–Kier alpha value is -3.16. The number of nitrogens with zero attached hydrogens (tertiary/aromatic N) is 1.